The van der Waals surface area contributed by atoms with Crippen LogP contribution in [0.2, 0.25) is 0 Å². The van der Waals surface area contributed by atoms with E-state index < -0.39 is 16.6 Å². The lowest BCUT2D eigenvalue weighted by Gasteiger charge is -2.24. The summed E-state index contributed by atoms with van der Waals surface area (Å²) in [4.78, 5) is 23.7. The summed E-state index contributed by atoms with van der Waals surface area (Å²) >= 11 is 0. The van der Waals surface area contributed by atoms with Crippen LogP contribution in [-0.4, -0.2) is 23.7 Å². The van der Waals surface area contributed by atoms with Crippen molar-refractivity contribution in [3.8, 4) is 0 Å². The Kier molecular flexibility index (Phi) is 4.14. The Morgan fingerprint density at radius 1 is 1.37 bits per heavy atom. The number of ether oxygens (including phenoxy) is 1. The highest BCUT2D eigenvalue weighted by molar-refractivity contribution is 5.90. The van der Waals surface area contributed by atoms with Gasteiger partial charge in [0.15, 0.2) is 0 Å². The third-order valence-electron chi connectivity index (χ3n) is 2.43. The first-order chi connectivity index (χ1) is 8.63. The van der Waals surface area contributed by atoms with E-state index in [0.717, 1.165) is 4.90 Å². The van der Waals surface area contributed by atoms with Gasteiger partial charge in [-0.15, -0.1) is 0 Å². The first-order valence-corrected chi connectivity index (χ1v) is 5.84. The second kappa shape index (κ2) is 5.26. The molecule has 0 unspecified atom stereocenters. The molecule has 0 saturated carbocycles. The van der Waals surface area contributed by atoms with Crippen molar-refractivity contribution in [1.29, 1.82) is 0 Å². The van der Waals surface area contributed by atoms with E-state index in [1.165, 1.54) is 13.1 Å². The second-order valence-electron chi connectivity index (χ2n) is 5.24. The number of benzene rings is 1. The van der Waals surface area contributed by atoms with E-state index in [1.54, 1.807) is 39.8 Å². The minimum absolute atomic E-state index is 0.0872. The van der Waals surface area contributed by atoms with E-state index >= 15 is 0 Å². The second-order valence-corrected chi connectivity index (χ2v) is 5.24. The standard InChI is InChI=1S/C13H18N2O4/c1-9-7-6-8-10(11(9)15(17)18)14(5)12(16)19-13(2,3)4/h6-8H,1-5H3. The van der Waals surface area contributed by atoms with Gasteiger partial charge in [0.25, 0.3) is 5.69 Å². The first-order valence-electron chi connectivity index (χ1n) is 5.84. The normalized spacial score (nSPS) is 11.0. The largest absolute Gasteiger partial charge is 0.443 e. The molecule has 6 nitrogen and oxygen atoms in total. The molecule has 0 aliphatic carbocycles. The molecular weight excluding hydrogens is 248 g/mol. The summed E-state index contributed by atoms with van der Waals surface area (Å²) in [6.07, 6.45) is -0.624. The van der Waals surface area contributed by atoms with E-state index in [9.17, 15) is 14.9 Å². The zero-order valence-corrected chi connectivity index (χ0v) is 11.8. The number of hydrogen-bond acceptors (Lipinski definition) is 4. The topological polar surface area (TPSA) is 72.7 Å². The van der Waals surface area contributed by atoms with Crippen LogP contribution in [0.1, 0.15) is 26.3 Å². The van der Waals surface area contributed by atoms with Gasteiger partial charge in [0.1, 0.15) is 11.3 Å². The number of para-hydroxylation sites is 1. The molecule has 0 heterocycles. The molecule has 0 N–H and O–H groups in total. The number of anilines is 1. The number of aryl methyl sites for hydroxylation is 1. The molecule has 0 aliphatic heterocycles. The van der Waals surface area contributed by atoms with Crippen molar-refractivity contribution in [2.24, 2.45) is 0 Å². The molecular formula is C13H18N2O4. The fraction of sp³-hybridized carbons (Fsp3) is 0.462. The van der Waals surface area contributed by atoms with Crippen LogP contribution in [0.5, 0.6) is 0 Å². The molecule has 0 saturated heterocycles. The number of rotatable bonds is 2. The molecule has 0 aromatic heterocycles. The Morgan fingerprint density at radius 2 is 1.95 bits per heavy atom. The quantitative estimate of drug-likeness (QED) is 0.608. The number of carbonyl (C=O) groups is 1. The van der Waals surface area contributed by atoms with Gasteiger partial charge in [0.2, 0.25) is 0 Å². The summed E-state index contributed by atoms with van der Waals surface area (Å²) in [5.41, 5.74) is -0.0164. The van der Waals surface area contributed by atoms with Crippen molar-refractivity contribution >= 4 is 17.5 Å². The molecule has 0 spiro atoms. The van der Waals surface area contributed by atoms with Crippen LogP contribution in [0.25, 0.3) is 0 Å². The number of amides is 1. The maximum Gasteiger partial charge on any atom is 0.414 e. The number of carbonyl (C=O) groups excluding carboxylic acids is 1. The van der Waals surface area contributed by atoms with Crippen molar-refractivity contribution in [3.63, 3.8) is 0 Å². The lowest BCUT2D eigenvalue weighted by molar-refractivity contribution is -0.384. The van der Waals surface area contributed by atoms with Gasteiger partial charge in [-0.2, -0.15) is 0 Å². The molecule has 104 valence electrons. The minimum Gasteiger partial charge on any atom is -0.443 e. The summed E-state index contributed by atoms with van der Waals surface area (Å²) in [5.74, 6) is 0. The summed E-state index contributed by atoms with van der Waals surface area (Å²) < 4.78 is 5.19. The van der Waals surface area contributed by atoms with Crippen LogP contribution in [0.3, 0.4) is 0 Å². The Morgan fingerprint density at radius 3 is 2.42 bits per heavy atom. The smallest absolute Gasteiger partial charge is 0.414 e. The highest BCUT2D eigenvalue weighted by atomic mass is 16.6. The van der Waals surface area contributed by atoms with Crippen molar-refractivity contribution < 1.29 is 14.5 Å². The Bertz CT molecular complexity index is 506. The maximum absolute atomic E-state index is 11.9. The molecule has 6 heteroatoms. The molecule has 1 rings (SSSR count). The molecule has 19 heavy (non-hydrogen) atoms. The van der Waals surface area contributed by atoms with Crippen molar-refractivity contribution in [2.45, 2.75) is 33.3 Å². The van der Waals surface area contributed by atoms with Crippen LogP contribution in [-0.2, 0) is 4.74 Å². The van der Waals surface area contributed by atoms with Gasteiger partial charge in [-0.1, -0.05) is 12.1 Å². The van der Waals surface area contributed by atoms with Crippen molar-refractivity contribution in [1.82, 2.24) is 0 Å². The summed E-state index contributed by atoms with van der Waals surface area (Å²) in [6, 6.07) is 4.82. The van der Waals surface area contributed by atoms with E-state index in [4.69, 9.17) is 4.74 Å². The number of nitro groups is 1. The number of hydrogen-bond donors (Lipinski definition) is 0. The van der Waals surface area contributed by atoms with Gasteiger partial charge in [-0.3, -0.25) is 15.0 Å². The SMILES string of the molecule is Cc1cccc(N(C)C(=O)OC(C)(C)C)c1[N+](=O)[O-]. The first kappa shape index (κ1) is 14.9. The number of nitrogens with zero attached hydrogens (tertiary/aromatic N) is 2. The van der Waals surface area contributed by atoms with Crippen molar-refractivity contribution in [2.75, 3.05) is 11.9 Å². The average molecular weight is 266 g/mol. The molecule has 0 atom stereocenters. The average Bonchev–Trinajstić information content (AvgIpc) is 2.24. The zero-order valence-electron chi connectivity index (χ0n) is 11.8. The van der Waals surface area contributed by atoms with Gasteiger partial charge in [0, 0.05) is 12.6 Å². The lowest BCUT2D eigenvalue weighted by Crippen LogP contribution is -2.34. The summed E-state index contributed by atoms with van der Waals surface area (Å²) in [7, 11) is 1.45. The predicted octanol–water partition coefficient (Wildman–Crippen LogP) is 3.27. The van der Waals surface area contributed by atoms with Crippen LogP contribution >= 0.6 is 0 Å². The zero-order chi connectivity index (χ0) is 14.8. The highest BCUT2D eigenvalue weighted by Crippen LogP contribution is 2.31. The van der Waals surface area contributed by atoms with Crippen LogP contribution in [0, 0.1) is 17.0 Å². The molecule has 0 aliphatic rings. The molecule has 1 aromatic carbocycles. The molecule has 0 fully saturated rings. The summed E-state index contributed by atoms with van der Waals surface area (Å²) in [6.45, 7) is 6.85. The number of nitro benzene ring substituents is 1. The van der Waals surface area contributed by atoms with E-state index in [0.29, 0.717) is 5.56 Å². The Balaban J connectivity index is 3.13. The molecule has 0 radical (unpaired) electrons. The van der Waals surface area contributed by atoms with Gasteiger partial charge < -0.3 is 4.74 Å². The van der Waals surface area contributed by atoms with Crippen LogP contribution < -0.4 is 4.90 Å². The Labute approximate surface area is 112 Å². The van der Waals surface area contributed by atoms with Gasteiger partial charge in [-0.05, 0) is 33.8 Å². The minimum atomic E-state index is -0.649. The lowest BCUT2D eigenvalue weighted by atomic mass is 10.1. The van der Waals surface area contributed by atoms with E-state index in [2.05, 4.69) is 0 Å². The third-order valence-corrected chi connectivity index (χ3v) is 2.43. The van der Waals surface area contributed by atoms with E-state index in [-0.39, 0.29) is 11.4 Å². The molecule has 1 aromatic rings. The van der Waals surface area contributed by atoms with Crippen molar-refractivity contribution in [3.05, 3.63) is 33.9 Å². The molecule has 1 amide bonds. The Hall–Kier alpha value is -2.11. The van der Waals surface area contributed by atoms with Gasteiger partial charge in [0.05, 0.1) is 4.92 Å². The third kappa shape index (κ3) is 3.67. The highest BCUT2D eigenvalue weighted by Gasteiger charge is 2.26. The van der Waals surface area contributed by atoms with Crippen LogP contribution in [0.15, 0.2) is 18.2 Å². The van der Waals surface area contributed by atoms with Gasteiger partial charge >= 0.3 is 6.09 Å². The predicted molar refractivity (Wildman–Crippen MR) is 72.5 cm³/mol. The van der Waals surface area contributed by atoms with Gasteiger partial charge in [-0.25, -0.2) is 4.79 Å². The maximum atomic E-state index is 11.9. The van der Waals surface area contributed by atoms with Crippen LogP contribution in [0.4, 0.5) is 16.2 Å². The van der Waals surface area contributed by atoms with E-state index in [1.807, 2.05) is 0 Å². The fourth-order valence-electron chi connectivity index (χ4n) is 1.58. The monoisotopic (exact) mass is 266 g/mol. The fourth-order valence-corrected chi connectivity index (χ4v) is 1.58. The molecule has 0 bridgehead atoms. The summed E-state index contributed by atoms with van der Waals surface area (Å²) in [5, 5.41) is 11.1.